The van der Waals surface area contributed by atoms with E-state index in [4.69, 9.17) is 11.6 Å². The molecule has 2 amide bonds. The van der Waals surface area contributed by atoms with E-state index in [1.54, 1.807) is 4.90 Å². The van der Waals surface area contributed by atoms with Crippen LogP contribution in [0.25, 0.3) is 10.9 Å². The molecular weight excluding hydrogens is 494 g/mol. The molecule has 1 aliphatic heterocycles. The van der Waals surface area contributed by atoms with Gasteiger partial charge in [0, 0.05) is 28.5 Å². The first-order valence-corrected chi connectivity index (χ1v) is 14.0. The highest BCUT2D eigenvalue weighted by molar-refractivity contribution is 6.30. The fourth-order valence-electron chi connectivity index (χ4n) is 6.22. The van der Waals surface area contributed by atoms with Gasteiger partial charge in [-0.2, -0.15) is 0 Å². The van der Waals surface area contributed by atoms with E-state index in [9.17, 15) is 9.59 Å². The summed E-state index contributed by atoms with van der Waals surface area (Å²) in [6, 6.07) is 27.4. The van der Waals surface area contributed by atoms with Crippen LogP contribution in [0.15, 0.2) is 84.9 Å². The van der Waals surface area contributed by atoms with Crippen LogP contribution in [-0.2, 0) is 23.4 Å². The highest BCUT2D eigenvalue weighted by atomic mass is 35.5. The molecule has 0 bridgehead atoms. The average Bonchev–Trinajstić information content (AvgIpc) is 3.10. The largest absolute Gasteiger partial charge is 0.351 e. The molecule has 6 rings (SSSR count). The number of hydrogen-bond donors (Lipinski definition) is 1. The summed E-state index contributed by atoms with van der Waals surface area (Å²) in [5, 5.41) is 5.01. The van der Waals surface area contributed by atoms with Crippen LogP contribution in [-0.4, -0.2) is 27.3 Å². The summed E-state index contributed by atoms with van der Waals surface area (Å²) in [5.74, 6) is -0.276. The van der Waals surface area contributed by atoms with Gasteiger partial charge in [-0.05, 0) is 48.2 Å². The number of fused-ring (bicyclic) bond motifs is 3. The van der Waals surface area contributed by atoms with Crippen molar-refractivity contribution < 1.29 is 9.59 Å². The summed E-state index contributed by atoms with van der Waals surface area (Å²) in [6.07, 6.45) is 6.57. The topological polar surface area (TPSA) is 54.3 Å². The van der Waals surface area contributed by atoms with Crippen LogP contribution in [0.1, 0.15) is 60.1 Å². The molecule has 6 heteroatoms. The van der Waals surface area contributed by atoms with E-state index in [0.717, 1.165) is 47.7 Å². The minimum atomic E-state index is -1.22. The maximum Gasteiger partial charge on any atom is 0.272 e. The Morgan fingerprint density at radius 3 is 2.39 bits per heavy atom. The summed E-state index contributed by atoms with van der Waals surface area (Å²) in [7, 11) is 0. The van der Waals surface area contributed by atoms with Crippen LogP contribution in [0, 0.1) is 0 Å². The van der Waals surface area contributed by atoms with E-state index in [1.165, 1.54) is 12.8 Å². The van der Waals surface area contributed by atoms with Crippen molar-refractivity contribution in [2.75, 3.05) is 0 Å². The molecule has 1 N–H and O–H groups in total. The van der Waals surface area contributed by atoms with Gasteiger partial charge in [-0.1, -0.05) is 97.9 Å². The number of carbonyl (C=O) groups is 2. The Hall–Kier alpha value is -3.57. The van der Waals surface area contributed by atoms with E-state index < -0.39 is 5.54 Å². The lowest BCUT2D eigenvalue weighted by atomic mass is 9.83. The van der Waals surface area contributed by atoms with E-state index in [0.29, 0.717) is 17.3 Å². The first kappa shape index (κ1) is 24.7. The van der Waals surface area contributed by atoms with E-state index in [1.807, 2.05) is 89.5 Å². The van der Waals surface area contributed by atoms with Crippen LogP contribution in [0.5, 0.6) is 0 Å². The van der Waals surface area contributed by atoms with Crippen molar-refractivity contribution in [3.63, 3.8) is 0 Å². The molecule has 1 aliphatic carbocycles. The predicted octanol–water partition coefficient (Wildman–Crippen LogP) is 6.69. The zero-order valence-electron chi connectivity index (χ0n) is 21.4. The Kier molecular flexibility index (Phi) is 6.71. The number of aromatic nitrogens is 1. The minimum Gasteiger partial charge on any atom is -0.351 e. The molecule has 0 saturated heterocycles. The van der Waals surface area contributed by atoms with Gasteiger partial charge in [0.25, 0.3) is 11.8 Å². The van der Waals surface area contributed by atoms with Gasteiger partial charge < -0.3 is 14.8 Å². The number of benzene rings is 3. The minimum absolute atomic E-state index is 0.108. The number of halogens is 1. The summed E-state index contributed by atoms with van der Waals surface area (Å²) >= 11 is 6.34. The summed E-state index contributed by atoms with van der Waals surface area (Å²) in [4.78, 5) is 30.8. The van der Waals surface area contributed by atoms with Crippen molar-refractivity contribution in [2.45, 2.75) is 63.2 Å². The molecule has 1 saturated carbocycles. The van der Waals surface area contributed by atoms with Crippen LogP contribution in [0.3, 0.4) is 0 Å². The van der Waals surface area contributed by atoms with Gasteiger partial charge in [-0.3, -0.25) is 9.59 Å². The number of nitrogens with zero attached hydrogens (tertiary/aromatic N) is 2. The second-order valence-electron chi connectivity index (χ2n) is 10.6. The molecule has 38 heavy (non-hydrogen) atoms. The molecular formula is C32H32ClN3O2. The van der Waals surface area contributed by atoms with Crippen molar-refractivity contribution in [1.29, 1.82) is 0 Å². The average molecular weight is 526 g/mol. The van der Waals surface area contributed by atoms with Crippen molar-refractivity contribution >= 4 is 34.3 Å². The lowest BCUT2D eigenvalue weighted by Gasteiger charge is -2.47. The molecule has 1 fully saturated rings. The second-order valence-corrected chi connectivity index (χ2v) is 11.0. The predicted molar refractivity (Wildman–Crippen MR) is 151 cm³/mol. The van der Waals surface area contributed by atoms with Crippen LogP contribution >= 0.6 is 11.6 Å². The Labute approximate surface area is 228 Å². The summed E-state index contributed by atoms with van der Waals surface area (Å²) in [6.45, 7) is 0.610. The maximum absolute atomic E-state index is 14.6. The summed E-state index contributed by atoms with van der Waals surface area (Å²) < 4.78 is 2.03. The number of carbonyl (C=O) groups excluding carboxylic acids is 2. The van der Waals surface area contributed by atoms with Crippen molar-refractivity contribution in [3.8, 4) is 0 Å². The fourth-order valence-corrected chi connectivity index (χ4v) is 6.44. The van der Waals surface area contributed by atoms with Gasteiger partial charge in [0.1, 0.15) is 5.69 Å². The molecule has 1 atom stereocenters. The lowest BCUT2D eigenvalue weighted by molar-refractivity contribution is -0.136. The molecule has 1 aromatic heterocycles. The maximum atomic E-state index is 14.6. The number of rotatable bonds is 5. The van der Waals surface area contributed by atoms with Gasteiger partial charge in [-0.15, -0.1) is 0 Å². The fraction of sp³-hybridized carbons (Fsp3) is 0.312. The quantitative estimate of drug-likeness (QED) is 0.295. The van der Waals surface area contributed by atoms with Gasteiger partial charge >= 0.3 is 0 Å². The van der Waals surface area contributed by atoms with Gasteiger partial charge in [-0.25, -0.2) is 0 Å². The zero-order valence-corrected chi connectivity index (χ0v) is 22.2. The Balaban J connectivity index is 1.53. The molecule has 0 spiro atoms. The number of nitrogens with one attached hydrogen (secondary N) is 1. The lowest BCUT2D eigenvalue weighted by Crippen LogP contribution is -2.63. The molecule has 2 heterocycles. The second kappa shape index (κ2) is 10.3. The van der Waals surface area contributed by atoms with Gasteiger partial charge in [0.2, 0.25) is 0 Å². The normalized spacial score (nSPS) is 20.2. The van der Waals surface area contributed by atoms with Crippen molar-refractivity contribution in [3.05, 3.63) is 107 Å². The van der Waals surface area contributed by atoms with Crippen molar-refractivity contribution in [2.24, 2.45) is 0 Å². The number of amides is 2. The third-order valence-electron chi connectivity index (χ3n) is 8.17. The third kappa shape index (κ3) is 4.39. The van der Waals surface area contributed by atoms with Crippen LogP contribution in [0.2, 0.25) is 5.02 Å². The zero-order chi connectivity index (χ0) is 26.1. The Morgan fingerprint density at radius 2 is 1.63 bits per heavy atom. The Bertz CT molecular complexity index is 1470. The van der Waals surface area contributed by atoms with E-state index in [-0.39, 0.29) is 24.4 Å². The smallest absolute Gasteiger partial charge is 0.272 e. The molecule has 0 radical (unpaired) electrons. The molecule has 0 unspecified atom stereocenters. The molecule has 194 valence electrons. The van der Waals surface area contributed by atoms with Crippen LogP contribution < -0.4 is 5.32 Å². The summed E-state index contributed by atoms with van der Waals surface area (Å²) in [5.41, 5.74) is 2.03. The molecule has 5 nitrogen and oxygen atoms in total. The van der Waals surface area contributed by atoms with Gasteiger partial charge in [0.05, 0.1) is 6.54 Å². The monoisotopic (exact) mass is 525 g/mol. The highest BCUT2D eigenvalue weighted by Gasteiger charge is 2.52. The molecule has 2 aliphatic rings. The first-order valence-electron chi connectivity index (χ1n) is 13.6. The Morgan fingerprint density at radius 1 is 0.895 bits per heavy atom. The first-order chi connectivity index (χ1) is 18.6. The molecule has 4 aromatic rings. The number of para-hydroxylation sites is 1. The van der Waals surface area contributed by atoms with E-state index in [2.05, 4.69) is 5.32 Å². The highest BCUT2D eigenvalue weighted by Crippen LogP contribution is 2.40. The standard InChI is InChI=1S/C32H32ClN3O2/c33-26-15-10-11-23(19-26)21-36-30(37)29-20-24-12-8-9-18-28(24)35(29)22-32(36,25-13-4-3-5-14-25)31(38)34-27-16-6-1-2-7-17-27/h3-5,8-15,18-20,27H,1-2,6-7,16-17,21-22H2,(H,34,38)/t32-/m1/s1. The van der Waals surface area contributed by atoms with Crippen molar-refractivity contribution in [1.82, 2.24) is 14.8 Å². The van der Waals surface area contributed by atoms with Crippen LogP contribution in [0.4, 0.5) is 0 Å². The third-order valence-corrected chi connectivity index (χ3v) is 8.40. The van der Waals surface area contributed by atoms with E-state index >= 15 is 0 Å². The van der Waals surface area contributed by atoms with Gasteiger partial charge in [0.15, 0.2) is 5.54 Å². The molecule has 3 aromatic carbocycles. The SMILES string of the molecule is O=C1c2cc3ccccc3n2C[C@](C(=O)NC2CCCCCC2)(c2ccccc2)N1Cc1cccc(Cl)c1. The number of hydrogen-bond acceptors (Lipinski definition) is 2.